The van der Waals surface area contributed by atoms with Gasteiger partial charge in [-0.25, -0.2) is 5.43 Å². The van der Waals surface area contributed by atoms with E-state index in [0.717, 1.165) is 29.0 Å². The minimum absolute atomic E-state index is 0.0634. The highest BCUT2D eigenvalue weighted by Gasteiger charge is 2.33. The van der Waals surface area contributed by atoms with E-state index in [1.807, 2.05) is 37.3 Å². The largest absolute Gasteiger partial charge is 0.507 e. The smallest absolute Gasteiger partial charge is 0.124 e. The van der Waals surface area contributed by atoms with Crippen LogP contribution >= 0.6 is 0 Å². The molecule has 25 heavy (non-hydrogen) atoms. The molecule has 2 atom stereocenters. The third-order valence-corrected chi connectivity index (χ3v) is 4.34. The second-order valence-corrected chi connectivity index (χ2v) is 6.32. The molecular formula is C20H24N2O3. The second kappa shape index (κ2) is 7.59. The van der Waals surface area contributed by atoms with Crippen LogP contribution in [0.5, 0.6) is 17.2 Å². The lowest BCUT2D eigenvalue weighted by Gasteiger charge is -2.22. The molecule has 0 aromatic heterocycles. The SMILES string of the molecule is C=C(C)COc1ccc(C2NNCC2c2ccccc2OC)c(O)c1. The van der Waals surface area contributed by atoms with Crippen molar-refractivity contribution in [3.8, 4) is 17.2 Å². The van der Waals surface area contributed by atoms with E-state index in [-0.39, 0.29) is 17.7 Å². The Hall–Kier alpha value is -2.50. The van der Waals surface area contributed by atoms with Crippen molar-refractivity contribution in [1.29, 1.82) is 0 Å². The first kappa shape index (κ1) is 17.3. The number of hydrazine groups is 1. The van der Waals surface area contributed by atoms with Gasteiger partial charge in [0.1, 0.15) is 23.9 Å². The zero-order chi connectivity index (χ0) is 17.8. The summed E-state index contributed by atoms with van der Waals surface area (Å²) in [4.78, 5) is 0. The van der Waals surface area contributed by atoms with Gasteiger partial charge in [0.2, 0.25) is 0 Å². The number of hydrogen-bond acceptors (Lipinski definition) is 5. The van der Waals surface area contributed by atoms with E-state index in [2.05, 4.69) is 23.5 Å². The number of aromatic hydroxyl groups is 1. The molecule has 0 amide bonds. The predicted octanol–water partition coefficient (Wildman–Crippen LogP) is 3.29. The number of rotatable bonds is 6. The van der Waals surface area contributed by atoms with Crippen LogP contribution in [0.1, 0.15) is 30.0 Å². The van der Waals surface area contributed by atoms with Gasteiger partial charge >= 0.3 is 0 Å². The highest BCUT2D eigenvalue weighted by Crippen LogP contribution is 2.41. The third-order valence-electron chi connectivity index (χ3n) is 4.34. The average molecular weight is 340 g/mol. The fraction of sp³-hybridized carbons (Fsp3) is 0.300. The zero-order valence-corrected chi connectivity index (χ0v) is 14.6. The number of nitrogens with one attached hydrogen (secondary N) is 2. The quantitative estimate of drug-likeness (QED) is 0.705. The first-order valence-electron chi connectivity index (χ1n) is 8.31. The number of hydrogen-bond donors (Lipinski definition) is 3. The predicted molar refractivity (Wildman–Crippen MR) is 98.0 cm³/mol. The molecule has 0 aliphatic carbocycles. The Morgan fingerprint density at radius 3 is 2.76 bits per heavy atom. The molecule has 3 N–H and O–H groups in total. The van der Waals surface area contributed by atoms with E-state index >= 15 is 0 Å². The van der Waals surface area contributed by atoms with E-state index < -0.39 is 0 Å². The number of phenols is 1. The summed E-state index contributed by atoms with van der Waals surface area (Å²) in [6.07, 6.45) is 0. The van der Waals surface area contributed by atoms with Gasteiger partial charge in [-0.1, -0.05) is 30.8 Å². The van der Waals surface area contributed by atoms with Crippen LogP contribution in [0.3, 0.4) is 0 Å². The maximum absolute atomic E-state index is 10.5. The Morgan fingerprint density at radius 1 is 1.24 bits per heavy atom. The lowest BCUT2D eigenvalue weighted by Crippen LogP contribution is -2.25. The molecule has 1 fully saturated rings. The van der Waals surface area contributed by atoms with Crippen LogP contribution in [-0.2, 0) is 0 Å². The Labute approximate surface area is 148 Å². The van der Waals surface area contributed by atoms with Gasteiger partial charge in [-0.2, -0.15) is 0 Å². The summed E-state index contributed by atoms with van der Waals surface area (Å²) < 4.78 is 11.1. The molecule has 132 valence electrons. The Morgan fingerprint density at radius 2 is 2.04 bits per heavy atom. The lowest BCUT2D eigenvalue weighted by molar-refractivity contribution is 0.348. The van der Waals surface area contributed by atoms with Crippen molar-refractivity contribution in [3.63, 3.8) is 0 Å². The van der Waals surface area contributed by atoms with Gasteiger partial charge in [0, 0.05) is 29.7 Å². The summed E-state index contributed by atoms with van der Waals surface area (Å²) in [7, 11) is 1.68. The Bertz CT molecular complexity index is 760. The van der Waals surface area contributed by atoms with Gasteiger partial charge in [-0.3, -0.25) is 5.43 Å². The fourth-order valence-corrected chi connectivity index (χ4v) is 3.14. The molecule has 1 heterocycles. The van der Waals surface area contributed by atoms with Gasteiger partial charge in [-0.15, -0.1) is 0 Å². The van der Waals surface area contributed by atoms with E-state index in [1.54, 1.807) is 13.2 Å². The molecule has 3 rings (SSSR count). The summed E-state index contributed by atoms with van der Waals surface area (Å²) in [5, 5.41) is 10.5. The van der Waals surface area contributed by atoms with Gasteiger partial charge in [0.25, 0.3) is 0 Å². The van der Waals surface area contributed by atoms with Gasteiger partial charge in [0.05, 0.1) is 13.2 Å². The number of phenolic OH excluding ortho intramolecular Hbond substituents is 1. The molecule has 2 unspecified atom stereocenters. The van der Waals surface area contributed by atoms with E-state index in [9.17, 15) is 5.11 Å². The number of benzene rings is 2. The van der Waals surface area contributed by atoms with Crippen LogP contribution in [0.25, 0.3) is 0 Å². The van der Waals surface area contributed by atoms with Crippen molar-refractivity contribution in [1.82, 2.24) is 10.9 Å². The maximum atomic E-state index is 10.5. The summed E-state index contributed by atoms with van der Waals surface area (Å²) in [6, 6.07) is 13.3. The van der Waals surface area contributed by atoms with Crippen molar-refractivity contribution in [2.75, 3.05) is 20.3 Å². The summed E-state index contributed by atoms with van der Waals surface area (Å²) in [5.41, 5.74) is 9.32. The zero-order valence-electron chi connectivity index (χ0n) is 14.6. The molecule has 1 saturated heterocycles. The van der Waals surface area contributed by atoms with E-state index in [0.29, 0.717) is 12.4 Å². The van der Waals surface area contributed by atoms with Crippen LogP contribution < -0.4 is 20.3 Å². The third kappa shape index (κ3) is 3.78. The summed E-state index contributed by atoms with van der Waals surface area (Å²) in [6.45, 7) is 6.90. The minimum Gasteiger partial charge on any atom is -0.507 e. The molecule has 5 heteroatoms. The topological polar surface area (TPSA) is 62.8 Å². The summed E-state index contributed by atoms with van der Waals surface area (Å²) in [5.74, 6) is 1.83. The first-order chi connectivity index (χ1) is 12.1. The highest BCUT2D eigenvalue weighted by molar-refractivity contribution is 5.46. The van der Waals surface area contributed by atoms with Crippen LogP contribution in [-0.4, -0.2) is 25.4 Å². The Balaban J connectivity index is 1.86. The number of para-hydroxylation sites is 1. The first-order valence-corrected chi connectivity index (χ1v) is 8.31. The van der Waals surface area contributed by atoms with Crippen molar-refractivity contribution in [2.24, 2.45) is 0 Å². The van der Waals surface area contributed by atoms with Gasteiger partial charge in [0.15, 0.2) is 0 Å². The van der Waals surface area contributed by atoms with Crippen molar-refractivity contribution < 1.29 is 14.6 Å². The summed E-state index contributed by atoms with van der Waals surface area (Å²) >= 11 is 0. The van der Waals surface area contributed by atoms with Crippen LogP contribution in [0.2, 0.25) is 0 Å². The van der Waals surface area contributed by atoms with Crippen LogP contribution in [0, 0.1) is 0 Å². The average Bonchev–Trinajstić information content (AvgIpc) is 3.09. The standard InChI is InChI=1S/C20H24N2O3/c1-13(2)12-25-14-8-9-16(18(23)10-14)20-17(11-21-22-20)15-6-4-5-7-19(15)24-3/h4-10,17,20-23H,1,11-12H2,2-3H3. The van der Waals surface area contributed by atoms with Crippen molar-refractivity contribution in [3.05, 3.63) is 65.7 Å². The van der Waals surface area contributed by atoms with E-state index in [4.69, 9.17) is 9.47 Å². The van der Waals surface area contributed by atoms with Gasteiger partial charge < -0.3 is 14.6 Å². The molecular weight excluding hydrogens is 316 g/mol. The van der Waals surface area contributed by atoms with Crippen molar-refractivity contribution >= 4 is 0 Å². The Kier molecular flexibility index (Phi) is 5.26. The van der Waals surface area contributed by atoms with Gasteiger partial charge in [-0.05, 0) is 24.6 Å². The maximum Gasteiger partial charge on any atom is 0.124 e. The lowest BCUT2D eigenvalue weighted by atomic mass is 9.87. The van der Waals surface area contributed by atoms with Crippen LogP contribution in [0.15, 0.2) is 54.6 Å². The molecule has 2 aromatic carbocycles. The monoisotopic (exact) mass is 340 g/mol. The molecule has 0 radical (unpaired) electrons. The molecule has 0 saturated carbocycles. The number of methoxy groups -OCH3 is 1. The van der Waals surface area contributed by atoms with Crippen molar-refractivity contribution in [2.45, 2.75) is 18.9 Å². The van der Waals surface area contributed by atoms with E-state index in [1.165, 1.54) is 0 Å². The molecule has 1 aliphatic heterocycles. The number of ether oxygens (including phenoxy) is 2. The molecule has 1 aliphatic rings. The normalized spacial score (nSPS) is 19.6. The minimum atomic E-state index is -0.0634. The fourth-order valence-electron chi connectivity index (χ4n) is 3.14. The molecule has 0 bridgehead atoms. The molecule has 0 spiro atoms. The molecule has 5 nitrogen and oxygen atoms in total. The van der Waals surface area contributed by atoms with Crippen LogP contribution in [0.4, 0.5) is 0 Å². The molecule has 2 aromatic rings. The highest BCUT2D eigenvalue weighted by atomic mass is 16.5. The second-order valence-electron chi connectivity index (χ2n) is 6.32.